The third kappa shape index (κ3) is 6.20. The molecule has 0 aromatic carbocycles. The van der Waals surface area contributed by atoms with Crippen LogP contribution in [0.3, 0.4) is 0 Å². The van der Waals surface area contributed by atoms with E-state index in [1.165, 1.54) is 0 Å². The molecule has 1 unspecified atom stereocenters. The maximum atomic E-state index is 11.9. The highest BCUT2D eigenvalue weighted by atomic mass is 35.5. The molecule has 1 aromatic rings. The monoisotopic (exact) mass is 318 g/mol. The van der Waals surface area contributed by atoms with E-state index in [-0.39, 0.29) is 11.1 Å². The van der Waals surface area contributed by atoms with Crippen LogP contribution in [0.4, 0.5) is 0 Å². The maximum Gasteiger partial charge on any atom is 0.212 e. The summed E-state index contributed by atoms with van der Waals surface area (Å²) in [6.07, 6.45) is 3.99. The molecule has 0 amide bonds. The molecular formula is C14H23ClN2O2S. The molecule has 1 atom stereocenters. The Morgan fingerprint density at radius 1 is 1.30 bits per heavy atom. The van der Waals surface area contributed by atoms with E-state index in [4.69, 9.17) is 11.6 Å². The summed E-state index contributed by atoms with van der Waals surface area (Å²) in [5.74, 6) is 0.381. The van der Waals surface area contributed by atoms with Gasteiger partial charge in [0.15, 0.2) is 0 Å². The van der Waals surface area contributed by atoms with E-state index < -0.39 is 10.0 Å². The standard InChI is InChI=1S/C14H23ClN2O2S/c1-3-12(4-2)14(15)11-17-20(18,19)10-8-13-7-5-6-9-16-13/h5-7,9,12,14,17H,3-4,8,10-11H2,1-2H3. The van der Waals surface area contributed by atoms with E-state index in [0.29, 0.717) is 18.9 Å². The number of nitrogens with zero attached hydrogens (tertiary/aromatic N) is 1. The summed E-state index contributed by atoms with van der Waals surface area (Å²) in [7, 11) is -3.30. The fourth-order valence-electron chi connectivity index (χ4n) is 2.03. The maximum absolute atomic E-state index is 11.9. The molecule has 1 heterocycles. The summed E-state index contributed by atoms with van der Waals surface area (Å²) >= 11 is 6.23. The van der Waals surface area contributed by atoms with Crippen molar-refractivity contribution < 1.29 is 8.42 Å². The van der Waals surface area contributed by atoms with Crippen molar-refractivity contribution in [2.75, 3.05) is 12.3 Å². The first-order chi connectivity index (χ1) is 9.48. The molecular weight excluding hydrogens is 296 g/mol. The SMILES string of the molecule is CCC(CC)C(Cl)CNS(=O)(=O)CCc1ccccn1. The van der Waals surface area contributed by atoms with Gasteiger partial charge in [-0.2, -0.15) is 0 Å². The summed E-state index contributed by atoms with van der Waals surface area (Å²) in [6, 6.07) is 5.48. The summed E-state index contributed by atoms with van der Waals surface area (Å²) in [6.45, 7) is 4.43. The zero-order chi connectivity index (χ0) is 15.0. The zero-order valence-electron chi connectivity index (χ0n) is 12.0. The van der Waals surface area contributed by atoms with Gasteiger partial charge >= 0.3 is 0 Å². The van der Waals surface area contributed by atoms with Gasteiger partial charge in [0, 0.05) is 30.2 Å². The van der Waals surface area contributed by atoms with Crippen LogP contribution >= 0.6 is 11.6 Å². The van der Waals surface area contributed by atoms with Crippen molar-refractivity contribution >= 4 is 21.6 Å². The van der Waals surface area contributed by atoms with Gasteiger partial charge in [-0.25, -0.2) is 13.1 Å². The molecule has 0 radical (unpaired) electrons. The number of hydrogen-bond acceptors (Lipinski definition) is 3. The number of halogens is 1. The lowest BCUT2D eigenvalue weighted by Crippen LogP contribution is -2.35. The molecule has 1 N–H and O–H groups in total. The van der Waals surface area contributed by atoms with Gasteiger partial charge in [0.05, 0.1) is 5.75 Å². The predicted molar refractivity (Wildman–Crippen MR) is 83.4 cm³/mol. The number of nitrogens with one attached hydrogen (secondary N) is 1. The Bertz CT molecular complexity index is 475. The van der Waals surface area contributed by atoms with Crippen LogP contribution in [0.2, 0.25) is 0 Å². The second-order valence-corrected chi connectivity index (χ2v) is 7.32. The molecule has 20 heavy (non-hydrogen) atoms. The van der Waals surface area contributed by atoms with Gasteiger partial charge in [0.2, 0.25) is 10.0 Å². The van der Waals surface area contributed by atoms with E-state index in [1.807, 2.05) is 18.2 Å². The first-order valence-corrected chi connectivity index (χ1v) is 9.08. The normalized spacial score (nSPS) is 13.6. The molecule has 0 aliphatic carbocycles. The van der Waals surface area contributed by atoms with Gasteiger partial charge in [-0.05, 0) is 18.1 Å². The molecule has 0 aliphatic rings. The lowest BCUT2D eigenvalue weighted by Gasteiger charge is -2.19. The van der Waals surface area contributed by atoms with Crippen LogP contribution in [-0.4, -0.2) is 31.1 Å². The molecule has 1 aromatic heterocycles. The smallest absolute Gasteiger partial charge is 0.212 e. The highest BCUT2D eigenvalue weighted by Crippen LogP contribution is 2.17. The first kappa shape index (κ1) is 17.4. The average Bonchev–Trinajstić information content (AvgIpc) is 2.46. The summed E-state index contributed by atoms with van der Waals surface area (Å²) in [5.41, 5.74) is 0.778. The molecule has 0 aliphatic heterocycles. The van der Waals surface area contributed by atoms with E-state index in [1.54, 1.807) is 6.20 Å². The predicted octanol–water partition coefficient (Wildman–Crippen LogP) is 2.59. The molecule has 0 fully saturated rings. The Morgan fingerprint density at radius 3 is 2.55 bits per heavy atom. The number of pyridine rings is 1. The minimum absolute atomic E-state index is 0.0382. The number of sulfonamides is 1. The Labute approximate surface area is 127 Å². The van der Waals surface area contributed by atoms with E-state index in [9.17, 15) is 8.42 Å². The molecule has 0 saturated carbocycles. The molecule has 1 rings (SSSR count). The minimum Gasteiger partial charge on any atom is -0.261 e. The van der Waals surface area contributed by atoms with Crippen molar-refractivity contribution in [2.45, 2.75) is 38.5 Å². The van der Waals surface area contributed by atoms with Crippen molar-refractivity contribution in [1.29, 1.82) is 0 Å². The highest BCUT2D eigenvalue weighted by Gasteiger charge is 2.18. The quantitative estimate of drug-likeness (QED) is 0.712. The summed E-state index contributed by atoms with van der Waals surface area (Å²) in [4.78, 5) is 4.11. The van der Waals surface area contributed by atoms with Crippen LogP contribution in [0.15, 0.2) is 24.4 Å². The lowest BCUT2D eigenvalue weighted by molar-refractivity contribution is 0.460. The van der Waals surface area contributed by atoms with E-state index in [0.717, 1.165) is 18.5 Å². The fourth-order valence-corrected chi connectivity index (χ4v) is 3.61. The second kappa shape index (κ2) is 8.60. The largest absolute Gasteiger partial charge is 0.261 e. The van der Waals surface area contributed by atoms with Gasteiger partial charge in [-0.15, -0.1) is 11.6 Å². The Morgan fingerprint density at radius 2 is 2.00 bits per heavy atom. The fraction of sp³-hybridized carbons (Fsp3) is 0.643. The van der Waals surface area contributed by atoms with Gasteiger partial charge < -0.3 is 0 Å². The Hall–Kier alpha value is -0.650. The summed E-state index contributed by atoms with van der Waals surface area (Å²) in [5, 5.41) is -0.158. The number of rotatable bonds is 9. The Kier molecular flexibility index (Phi) is 7.48. The van der Waals surface area contributed by atoms with E-state index >= 15 is 0 Å². The third-order valence-corrected chi connectivity index (χ3v) is 5.27. The van der Waals surface area contributed by atoms with Gasteiger partial charge in [0.25, 0.3) is 0 Å². The van der Waals surface area contributed by atoms with Crippen molar-refractivity contribution in [3.8, 4) is 0 Å². The number of aryl methyl sites for hydroxylation is 1. The minimum atomic E-state index is -3.30. The first-order valence-electron chi connectivity index (χ1n) is 6.99. The van der Waals surface area contributed by atoms with Gasteiger partial charge in [0.1, 0.15) is 0 Å². The van der Waals surface area contributed by atoms with E-state index in [2.05, 4.69) is 23.6 Å². The molecule has 0 saturated heterocycles. The summed E-state index contributed by atoms with van der Waals surface area (Å²) < 4.78 is 26.4. The number of hydrogen-bond donors (Lipinski definition) is 1. The van der Waals surface area contributed by atoms with Gasteiger partial charge in [-0.3, -0.25) is 4.98 Å². The van der Waals surface area contributed by atoms with Gasteiger partial charge in [-0.1, -0.05) is 32.8 Å². The lowest BCUT2D eigenvalue weighted by atomic mass is 9.99. The van der Waals surface area contributed by atoms with Crippen molar-refractivity contribution in [2.24, 2.45) is 5.92 Å². The van der Waals surface area contributed by atoms with Crippen molar-refractivity contribution in [1.82, 2.24) is 9.71 Å². The van der Waals surface area contributed by atoms with Crippen LogP contribution in [-0.2, 0) is 16.4 Å². The van der Waals surface area contributed by atoms with Crippen LogP contribution in [0.25, 0.3) is 0 Å². The molecule has 4 nitrogen and oxygen atoms in total. The molecule has 0 spiro atoms. The second-order valence-electron chi connectivity index (χ2n) is 4.83. The molecule has 114 valence electrons. The Balaban J connectivity index is 2.42. The van der Waals surface area contributed by atoms with Crippen molar-refractivity contribution in [3.63, 3.8) is 0 Å². The van der Waals surface area contributed by atoms with Crippen LogP contribution < -0.4 is 4.72 Å². The molecule has 0 bridgehead atoms. The number of aromatic nitrogens is 1. The number of alkyl halides is 1. The van der Waals surface area contributed by atoms with Crippen LogP contribution in [0, 0.1) is 5.92 Å². The average molecular weight is 319 g/mol. The topological polar surface area (TPSA) is 59.1 Å². The van der Waals surface area contributed by atoms with Crippen LogP contribution in [0.1, 0.15) is 32.4 Å². The van der Waals surface area contributed by atoms with Crippen LogP contribution in [0.5, 0.6) is 0 Å². The molecule has 6 heteroatoms. The third-order valence-electron chi connectivity index (χ3n) is 3.41. The van der Waals surface area contributed by atoms with Crippen molar-refractivity contribution in [3.05, 3.63) is 30.1 Å². The highest BCUT2D eigenvalue weighted by molar-refractivity contribution is 7.89. The zero-order valence-corrected chi connectivity index (χ0v) is 13.6.